The molecule has 1 aromatic carbocycles. The Labute approximate surface area is 156 Å². The van der Waals surface area contributed by atoms with Gasteiger partial charge in [-0.2, -0.15) is 0 Å². The number of likely N-dealkylation sites (tertiary alicyclic amines) is 1. The molecule has 1 amide bonds. The molecular formula is C22H30N2O2. The van der Waals surface area contributed by atoms with Gasteiger partial charge >= 0.3 is 0 Å². The van der Waals surface area contributed by atoms with Gasteiger partial charge in [-0.15, -0.1) is 0 Å². The standard InChI is InChI=1S/C22H30N2O2/c1-16(2)8-11-23-12-9-22(10-13-23)15-24(21(25)17-4-5-17)20-7-6-18(26-3)14-19(20)22/h6-8,14,17H,4-5,9-13,15H2,1-3H3. The van der Waals surface area contributed by atoms with Crippen LogP contribution in [0.5, 0.6) is 5.75 Å². The first-order valence-electron chi connectivity index (χ1n) is 9.88. The zero-order valence-electron chi connectivity index (χ0n) is 16.3. The van der Waals surface area contributed by atoms with Crippen molar-refractivity contribution in [2.75, 3.05) is 38.2 Å². The third kappa shape index (κ3) is 3.16. The lowest BCUT2D eigenvalue weighted by molar-refractivity contribution is -0.119. The lowest BCUT2D eigenvalue weighted by Gasteiger charge is -2.39. The molecule has 4 heteroatoms. The first-order valence-corrected chi connectivity index (χ1v) is 9.88. The maximum absolute atomic E-state index is 12.9. The van der Waals surface area contributed by atoms with Crippen LogP contribution in [0.15, 0.2) is 29.8 Å². The maximum Gasteiger partial charge on any atom is 0.230 e. The Morgan fingerprint density at radius 3 is 2.62 bits per heavy atom. The molecule has 0 bridgehead atoms. The molecule has 0 unspecified atom stereocenters. The van der Waals surface area contributed by atoms with E-state index in [9.17, 15) is 4.79 Å². The summed E-state index contributed by atoms with van der Waals surface area (Å²) in [4.78, 5) is 17.5. The quantitative estimate of drug-likeness (QED) is 0.772. The number of rotatable bonds is 4. The van der Waals surface area contributed by atoms with Crippen molar-refractivity contribution >= 4 is 11.6 Å². The number of anilines is 1. The first kappa shape index (κ1) is 17.6. The number of piperidine rings is 1. The molecule has 3 aliphatic rings. The molecule has 2 fully saturated rings. The summed E-state index contributed by atoms with van der Waals surface area (Å²) in [5.41, 5.74) is 3.92. The molecule has 0 N–H and O–H groups in total. The lowest BCUT2D eigenvalue weighted by Crippen LogP contribution is -2.46. The van der Waals surface area contributed by atoms with E-state index in [1.165, 1.54) is 11.1 Å². The zero-order chi connectivity index (χ0) is 18.3. The highest BCUT2D eigenvalue weighted by Crippen LogP contribution is 2.49. The number of allylic oxidation sites excluding steroid dienone is 1. The van der Waals surface area contributed by atoms with E-state index in [1.54, 1.807) is 7.11 Å². The number of carbonyl (C=O) groups is 1. The summed E-state index contributed by atoms with van der Waals surface area (Å²) in [7, 11) is 1.72. The summed E-state index contributed by atoms with van der Waals surface area (Å²) in [6, 6.07) is 6.27. The van der Waals surface area contributed by atoms with E-state index in [2.05, 4.69) is 41.9 Å². The summed E-state index contributed by atoms with van der Waals surface area (Å²) >= 11 is 0. The zero-order valence-corrected chi connectivity index (χ0v) is 16.3. The molecule has 1 aromatic rings. The van der Waals surface area contributed by atoms with Crippen molar-refractivity contribution < 1.29 is 9.53 Å². The van der Waals surface area contributed by atoms with Crippen LogP contribution in [-0.2, 0) is 10.2 Å². The molecule has 4 rings (SSSR count). The van der Waals surface area contributed by atoms with E-state index in [-0.39, 0.29) is 11.3 Å². The maximum atomic E-state index is 12.9. The van der Waals surface area contributed by atoms with E-state index in [4.69, 9.17) is 4.74 Å². The minimum Gasteiger partial charge on any atom is -0.497 e. The van der Waals surface area contributed by atoms with Gasteiger partial charge in [0, 0.05) is 30.1 Å². The Morgan fingerprint density at radius 2 is 2.00 bits per heavy atom. The summed E-state index contributed by atoms with van der Waals surface area (Å²) in [5.74, 6) is 1.49. The van der Waals surface area contributed by atoms with Gasteiger partial charge in [-0.1, -0.05) is 11.6 Å². The number of hydrogen-bond donors (Lipinski definition) is 0. The summed E-state index contributed by atoms with van der Waals surface area (Å²) < 4.78 is 5.49. The Hall–Kier alpha value is -1.81. The molecule has 26 heavy (non-hydrogen) atoms. The molecule has 1 saturated heterocycles. The number of methoxy groups -OCH3 is 1. The Bertz CT molecular complexity index is 724. The van der Waals surface area contributed by atoms with Crippen molar-refractivity contribution in [3.8, 4) is 5.75 Å². The number of carbonyl (C=O) groups excluding carboxylic acids is 1. The van der Waals surface area contributed by atoms with Crippen LogP contribution in [0.3, 0.4) is 0 Å². The lowest BCUT2D eigenvalue weighted by atomic mass is 9.74. The fourth-order valence-corrected chi connectivity index (χ4v) is 4.43. The van der Waals surface area contributed by atoms with Crippen molar-refractivity contribution in [1.82, 2.24) is 4.90 Å². The molecule has 0 atom stereocenters. The van der Waals surface area contributed by atoms with Crippen LogP contribution in [-0.4, -0.2) is 44.1 Å². The van der Waals surface area contributed by atoms with Gasteiger partial charge in [-0.3, -0.25) is 9.69 Å². The predicted octanol–water partition coefficient (Wildman–Crippen LogP) is 3.75. The van der Waals surface area contributed by atoms with E-state index in [0.29, 0.717) is 5.91 Å². The van der Waals surface area contributed by atoms with Crippen molar-refractivity contribution in [2.24, 2.45) is 5.92 Å². The first-order chi connectivity index (χ1) is 12.5. The van der Waals surface area contributed by atoms with Crippen molar-refractivity contribution in [1.29, 1.82) is 0 Å². The van der Waals surface area contributed by atoms with Gasteiger partial charge in [0.25, 0.3) is 0 Å². The number of nitrogens with zero attached hydrogens (tertiary/aromatic N) is 2. The summed E-state index contributed by atoms with van der Waals surface area (Å²) in [5, 5.41) is 0. The topological polar surface area (TPSA) is 32.8 Å². The fraction of sp³-hybridized carbons (Fsp3) is 0.591. The second kappa shape index (κ2) is 6.73. The Balaban J connectivity index is 1.59. The van der Waals surface area contributed by atoms with E-state index < -0.39 is 0 Å². The molecule has 0 radical (unpaired) electrons. The van der Waals surface area contributed by atoms with Crippen molar-refractivity contribution in [3.05, 3.63) is 35.4 Å². The number of ether oxygens (including phenoxy) is 1. The molecular weight excluding hydrogens is 324 g/mol. The second-order valence-corrected chi connectivity index (χ2v) is 8.44. The van der Waals surface area contributed by atoms with Crippen LogP contribution < -0.4 is 9.64 Å². The van der Waals surface area contributed by atoms with Crippen LogP contribution in [0.2, 0.25) is 0 Å². The van der Waals surface area contributed by atoms with Crippen molar-refractivity contribution in [2.45, 2.75) is 44.9 Å². The number of hydrogen-bond acceptors (Lipinski definition) is 3. The summed E-state index contributed by atoms with van der Waals surface area (Å²) in [6.45, 7) is 8.38. The molecule has 4 nitrogen and oxygen atoms in total. The number of amides is 1. The Kier molecular flexibility index (Phi) is 4.55. The molecule has 0 aromatic heterocycles. The average molecular weight is 354 g/mol. The predicted molar refractivity (Wildman–Crippen MR) is 105 cm³/mol. The number of benzene rings is 1. The minimum absolute atomic E-state index is 0.0932. The molecule has 1 saturated carbocycles. The average Bonchev–Trinajstić information content (AvgIpc) is 3.45. The van der Waals surface area contributed by atoms with Gasteiger partial charge in [0.1, 0.15) is 5.75 Å². The van der Waals surface area contributed by atoms with Gasteiger partial charge < -0.3 is 9.64 Å². The van der Waals surface area contributed by atoms with Gasteiger partial charge in [0.15, 0.2) is 0 Å². The molecule has 140 valence electrons. The van der Waals surface area contributed by atoms with Crippen LogP contribution in [0.4, 0.5) is 5.69 Å². The molecule has 1 spiro atoms. The third-order valence-corrected chi connectivity index (χ3v) is 6.29. The normalized spacial score (nSPS) is 21.6. The number of fused-ring (bicyclic) bond motifs is 2. The smallest absolute Gasteiger partial charge is 0.230 e. The highest BCUT2D eigenvalue weighted by molar-refractivity contribution is 5.99. The molecule has 2 aliphatic heterocycles. The highest BCUT2D eigenvalue weighted by Gasteiger charge is 2.48. The van der Waals surface area contributed by atoms with Crippen LogP contribution in [0.25, 0.3) is 0 Å². The second-order valence-electron chi connectivity index (χ2n) is 8.44. The molecule has 2 heterocycles. The largest absolute Gasteiger partial charge is 0.497 e. The van der Waals surface area contributed by atoms with Crippen molar-refractivity contribution in [3.63, 3.8) is 0 Å². The van der Waals surface area contributed by atoms with Gasteiger partial charge in [0.05, 0.1) is 7.11 Å². The summed E-state index contributed by atoms with van der Waals surface area (Å²) in [6.07, 6.45) is 6.65. The van der Waals surface area contributed by atoms with E-state index in [1.807, 2.05) is 6.07 Å². The van der Waals surface area contributed by atoms with Gasteiger partial charge in [0.2, 0.25) is 5.91 Å². The SMILES string of the molecule is COc1ccc2c(c1)C1(CCN(CC=C(C)C)CC1)CN2C(=O)C1CC1. The monoisotopic (exact) mass is 354 g/mol. The van der Waals surface area contributed by atoms with E-state index in [0.717, 1.165) is 63.3 Å². The van der Waals surface area contributed by atoms with Gasteiger partial charge in [-0.05, 0) is 76.4 Å². The van der Waals surface area contributed by atoms with Crippen LogP contribution >= 0.6 is 0 Å². The third-order valence-electron chi connectivity index (χ3n) is 6.29. The minimum atomic E-state index is 0.0932. The highest BCUT2D eigenvalue weighted by atomic mass is 16.5. The Morgan fingerprint density at radius 1 is 1.27 bits per heavy atom. The molecule has 1 aliphatic carbocycles. The van der Waals surface area contributed by atoms with Crippen LogP contribution in [0, 0.1) is 5.92 Å². The van der Waals surface area contributed by atoms with Crippen LogP contribution in [0.1, 0.15) is 45.1 Å². The fourth-order valence-electron chi connectivity index (χ4n) is 4.43. The van der Waals surface area contributed by atoms with Gasteiger partial charge in [-0.25, -0.2) is 0 Å². The van der Waals surface area contributed by atoms with E-state index >= 15 is 0 Å².